The average molecular weight is 335 g/mol. The Morgan fingerprint density at radius 3 is 2.22 bits per heavy atom. The van der Waals surface area contributed by atoms with Crippen molar-refractivity contribution < 1.29 is 13.2 Å². The first kappa shape index (κ1) is 16.5. The van der Waals surface area contributed by atoms with Crippen LogP contribution in [0.5, 0.6) is 0 Å². The summed E-state index contributed by atoms with van der Waals surface area (Å²) in [7, 11) is -3.23. The van der Waals surface area contributed by atoms with Crippen LogP contribution in [0, 0.1) is 16.7 Å². The van der Waals surface area contributed by atoms with E-state index in [2.05, 4.69) is 26.1 Å². The lowest BCUT2D eigenvalue weighted by Gasteiger charge is -2.39. The molecule has 2 bridgehead atoms. The molecule has 1 aromatic carbocycles. The van der Waals surface area contributed by atoms with Crippen LogP contribution < -0.4 is 5.32 Å². The molecule has 2 fully saturated rings. The van der Waals surface area contributed by atoms with Gasteiger partial charge >= 0.3 is 0 Å². The molecule has 2 aliphatic carbocycles. The van der Waals surface area contributed by atoms with E-state index in [0.717, 1.165) is 12.8 Å². The van der Waals surface area contributed by atoms with Crippen LogP contribution in [0.3, 0.4) is 0 Å². The summed E-state index contributed by atoms with van der Waals surface area (Å²) in [4.78, 5) is 12.8. The fourth-order valence-corrected chi connectivity index (χ4v) is 5.15. The number of fused-ring (bicyclic) bond motifs is 2. The van der Waals surface area contributed by atoms with E-state index >= 15 is 0 Å². The highest BCUT2D eigenvalue weighted by Crippen LogP contribution is 2.65. The van der Waals surface area contributed by atoms with Crippen LogP contribution in [0.4, 0.5) is 0 Å². The first-order valence-corrected chi connectivity index (χ1v) is 10.1. The van der Waals surface area contributed by atoms with E-state index in [-0.39, 0.29) is 27.7 Å². The molecule has 5 heteroatoms. The van der Waals surface area contributed by atoms with Gasteiger partial charge in [0.05, 0.1) is 4.90 Å². The summed E-state index contributed by atoms with van der Waals surface area (Å²) in [5, 5.41) is 3.19. The minimum atomic E-state index is -3.23. The minimum absolute atomic E-state index is 0.111. The topological polar surface area (TPSA) is 63.2 Å². The summed E-state index contributed by atoms with van der Waals surface area (Å²) in [6, 6.07) is 6.37. The zero-order chi connectivity index (χ0) is 17.0. The Hall–Kier alpha value is -1.36. The molecule has 2 saturated carbocycles. The Bertz CT molecular complexity index is 736. The normalized spacial score (nSPS) is 32.0. The fourth-order valence-electron chi connectivity index (χ4n) is 4.52. The van der Waals surface area contributed by atoms with E-state index in [4.69, 9.17) is 0 Å². The van der Waals surface area contributed by atoms with E-state index in [0.29, 0.717) is 11.5 Å². The molecule has 3 atom stereocenters. The van der Waals surface area contributed by atoms with Crippen molar-refractivity contribution in [3.63, 3.8) is 0 Å². The first-order valence-electron chi connectivity index (χ1n) is 8.17. The summed E-state index contributed by atoms with van der Waals surface area (Å²) in [5.41, 5.74) is 0.909. The molecule has 4 nitrogen and oxygen atoms in total. The van der Waals surface area contributed by atoms with Gasteiger partial charge in [-0.05, 0) is 60.3 Å². The van der Waals surface area contributed by atoms with Crippen LogP contribution in [-0.4, -0.2) is 26.6 Å². The molecule has 1 amide bonds. The van der Waals surface area contributed by atoms with Gasteiger partial charge in [0.15, 0.2) is 9.84 Å². The van der Waals surface area contributed by atoms with Crippen molar-refractivity contribution in [3.05, 3.63) is 29.8 Å². The van der Waals surface area contributed by atoms with Gasteiger partial charge in [0.25, 0.3) is 5.91 Å². The maximum absolute atomic E-state index is 12.5. The molecule has 1 aromatic rings. The molecule has 0 saturated heterocycles. The van der Waals surface area contributed by atoms with Crippen molar-refractivity contribution in [2.24, 2.45) is 16.7 Å². The SMILES string of the molecule is CC1(C)C2CCC1(C)C(NC(=O)c1ccc(S(C)(=O)=O)cc1)C2. The van der Waals surface area contributed by atoms with Crippen LogP contribution in [0.2, 0.25) is 0 Å². The van der Waals surface area contributed by atoms with E-state index in [1.807, 2.05) is 0 Å². The van der Waals surface area contributed by atoms with Gasteiger partial charge in [-0.1, -0.05) is 20.8 Å². The highest BCUT2D eigenvalue weighted by atomic mass is 32.2. The second kappa shape index (κ2) is 5.07. The van der Waals surface area contributed by atoms with E-state index in [9.17, 15) is 13.2 Å². The van der Waals surface area contributed by atoms with Gasteiger partial charge < -0.3 is 5.32 Å². The van der Waals surface area contributed by atoms with Crippen molar-refractivity contribution in [2.45, 2.75) is 51.0 Å². The second-order valence-corrected chi connectivity index (χ2v) is 9.95. The predicted molar refractivity (Wildman–Crippen MR) is 90.0 cm³/mol. The van der Waals surface area contributed by atoms with Gasteiger partial charge in [0.2, 0.25) is 0 Å². The third-order valence-electron chi connectivity index (χ3n) is 6.64. The van der Waals surface area contributed by atoms with E-state index < -0.39 is 9.84 Å². The lowest BCUT2D eigenvalue weighted by molar-refractivity contribution is 0.0826. The van der Waals surface area contributed by atoms with E-state index in [1.165, 1.54) is 24.8 Å². The molecular formula is C18H25NO3S. The highest BCUT2D eigenvalue weighted by molar-refractivity contribution is 7.90. The molecule has 3 rings (SSSR count). The van der Waals surface area contributed by atoms with Crippen LogP contribution in [0.25, 0.3) is 0 Å². The maximum atomic E-state index is 12.5. The number of hydrogen-bond acceptors (Lipinski definition) is 3. The molecule has 0 aromatic heterocycles. The van der Waals surface area contributed by atoms with Gasteiger partial charge in [-0.25, -0.2) is 8.42 Å². The number of amides is 1. The number of carbonyl (C=O) groups excluding carboxylic acids is 1. The number of sulfone groups is 1. The van der Waals surface area contributed by atoms with Gasteiger partial charge in [-0.2, -0.15) is 0 Å². The third kappa shape index (κ3) is 2.49. The monoisotopic (exact) mass is 335 g/mol. The third-order valence-corrected chi connectivity index (χ3v) is 7.77. The van der Waals surface area contributed by atoms with Crippen molar-refractivity contribution in [1.82, 2.24) is 5.32 Å². The summed E-state index contributed by atoms with van der Waals surface area (Å²) in [5.74, 6) is 0.560. The molecule has 0 heterocycles. The number of rotatable bonds is 3. The number of hydrogen-bond donors (Lipinski definition) is 1. The zero-order valence-electron chi connectivity index (χ0n) is 14.2. The molecule has 3 unspecified atom stereocenters. The van der Waals surface area contributed by atoms with Crippen LogP contribution in [-0.2, 0) is 9.84 Å². The van der Waals surface area contributed by atoms with Crippen molar-refractivity contribution >= 4 is 15.7 Å². The fraction of sp³-hybridized carbons (Fsp3) is 0.611. The van der Waals surface area contributed by atoms with Crippen molar-refractivity contribution in [2.75, 3.05) is 6.26 Å². The summed E-state index contributed by atoms with van der Waals surface area (Å²) >= 11 is 0. The quantitative estimate of drug-likeness (QED) is 0.923. The minimum Gasteiger partial charge on any atom is -0.349 e. The molecule has 0 spiro atoms. The van der Waals surface area contributed by atoms with Gasteiger partial charge in [-0.15, -0.1) is 0 Å². The van der Waals surface area contributed by atoms with E-state index in [1.54, 1.807) is 12.1 Å². The Kier molecular flexibility index (Phi) is 3.63. The largest absolute Gasteiger partial charge is 0.349 e. The smallest absolute Gasteiger partial charge is 0.251 e. The molecule has 23 heavy (non-hydrogen) atoms. The standard InChI is InChI=1S/C18H25NO3S/c1-17(2)13-9-10-18(17,3)15(11-13)19-16(20)12-5-7-14(8-6-12)23(4,21)22/h5-8,13,15H,9-11H2,1-4H3,(H,19,20). The van der Waals surface area contributed by atoms with Crippen LogP contribution in [0.15, 0.2) is 29.2 Å². The molecule has 126 valence electrons. The summed E-state index contributed by atoms with van der Waals surface area (Å²) in [6.07, 6.45) is 4.61. The highest BCUT2D eigenvalue weighted by Gasteiger charge is 2.61. The number of benzene rings is 1. The lowest BCUT2D eigenvalue weighted by atomic mass is 9.69. The average Bonchev–Trinajstić information content (AvgIpc) is 2.80. The zero-order valence-corrected chi connectivity index (χ0v) is 15.0. The predicted octanol–water partition coefficient (Wildman–Crippen LogP) is 3.03. The number of carbonyl (C=O) groups is 1. The van der Waals surface area contributed by atoms with Gasteiger partial charge in [0.1, 0.15) is 0 Å². The maximum Gasteiger partial charge on any atom is 0.251 e. The van der Waals surface area contributed by atoms with Gasteiger partial charge in [0, 0.05) is 17.9 Å². The Morgan fingerprint density at radius 2 is 1.78 bits per heavy atom. The van der Waals surface area contributed by atoms with Crippen molar-refractivity contribution in [1.29, 1.82) is 0 Å². The molecular weight excluding hydrogens is 310 g/mol. The Morgan fingerprint density at radius 1 is 1.17 bits per heavy atom. The van der Waals surface area contributed by atoms with Crippen LogP contribution >= 0.6 is 0 Å². The van der Waals surface area contributed by atoms with Crippen molar-refractivity contribution in [3.8, 4) is 0 Å². The van der Waals surface area contributed by atoms with Gasteiger partial charge in [-0.3, -0.25) is 4.79 Å². The molecule has 2 aliphatic rings. The van der Waals surface area contributed by atoms with Crippen LogP contribution in [0.1, 0.15) is 50.4 Å². The number of nitrogens with one attached hydrogen (secondary N) is 1. The summed E-state index contributed by atoms with van der Waals surface area (Å²) < 4.78 is 23.0. The summed E-state index contributed by atoms with van der Waals surface area (Å²) in [6.45, 7) is 6.92. The molecule has 0 radical (unpaired) electrons. The second-order valence-electron chi connectivity index (χ2n) is 7.93. The first-order chi connectivity index (χ1) is 10.6. The Balaban J connectivity index is 1.76. The Labute approximate surface area is 138 Å². The lowest BCUT2D eigenvalue weighted by Crippen LogP contribution is -2.46. The molecule has 0 aliphatic heterocycles. The molecule has 1 N–H and O–H groups in total.